The molecule has 0 atom stereocenters. The van der Waals surface area contributed by atoms with Gasteiger partial charge in [0.2, 0.25) is 0 Å². The van der Waals surface area contributed by atoms with Crippen molar-refractivity contribution in [1.82, 2.24) is 9.13 Å². The number of nitrogens with zero attached hydrogens (tertiary/aromatic N) is 2. The molecule has 13 rings (SSSR count). The molecule has 0 aliphatic heterocycles. The zero-order valence-corrected chi connectivity index (χ0v) is 43.4. The number of aryl methyl sites for hydroxylation is 2. The molecule has 76 heavy (non-hydrogen) atoms. The number of hydrogen-bond acceptors (Lipinski definition) is 0. The Bertz CT molecular complexity index is 3870. The van der Waals surface area contributed by atoms with Gasteiger partial charge in [0.25, 0.3) is 0 Å². The molecule has 0 radical (unpaired) electrons. The highest BCUT2D eigenvalue weighted by atomic mass is 15.0. The van der Waals surface area contributed by atoms with Crippen LogP contribution in [0.3, 0.4) is 0 Å². The third kappa shape index (κ3) is 8.60. The average Bonchev–Trinajstić information content (AvgIpc) is 4.04. The van der Waals surface area contributed by atoms with Gasteiger partial charge < -0.3 is 9.13 Å². The van der Waals surface area contributed by atoms with Crippen molar-refractivity contribution in [3.8, 4) is 89.0 Å². The van der Waals surface area contributed by atoms with E-state index in [9.17, 15) is 0 Å². The van der Waals surface area contributed by atoms with E-state index in [1.165, 1.54) is 133 Å². The minimum Gasteiger partial charge on any atom is -0.338 e. The van der Waals surface area contributed by atoms with E-state index >= 15 is 0 Å². The highest BCUT2D eigenvalue weighted by Gasteiger charge is 2.25. The van der Waals surface area contributed by atoms with Crippen molar-refractivity contribution in [2.45, 2.75) is 52.6 Å². The average molecular weight is 977 g/mol. The first-order chi connectivity index (χ1) is 37.6. The summed E-state index contributed by atoms with van der Waals surface area (Å²) in [7, 11) is 0. The molecule has 0 bridgehead atoms. The quantitative estimate of drug-likeness (QED) is 0.103. The van der Waals surface area contributed by atoms with E-state index in [4.69, 9.17) is 0 Å². The summed E-state index contributed by atoms with van der Waals surface area (Å²) in [6.45, 7) is 6.48. The normalized spacial score (nSPS) is 11.6. The molecule has 366 valence electrons. The van der Waals surface area contributed by atoms with E-state index in [-0.39, 0.29) is 0 Å². The Balaban J connectivity index is 1.09. The number of fused-ring (bicyclic) bond motifs is 7. The van der Waals surface area contributed by atoms with E-state index in [0.717, 1.165) is 38.8 Å². The Morgan fingerprint density at radius 3 is 0.750 bits per heavy atom. The summed E-state index contributed by atoms with van der Waals surface area (Å²) in [5.74, 6) is 0. The Kier molecular flexibility index (Phi) is 12.5. The lowest BCUT2D eigenvalue weighted by molar-refractivity contribution is 0.655. The van der Waals surface area contributed by atoms with Gasteiger partial charge in [-0.3, -0.25) is 0 Å². The van der Waals surface area contributed by atoms with Crippen LogP contribution in [0.15, 0.2) is 255 Å². The number of rotatable bonds is 14. The van der Waals surface area contributed by atoms with Crippen molar-refractivity contribution in [1.29, 1.82) is 0 Å². The van der Waals surface area contributed by atoms with Gasteiger partial charge in [-0.1, -0.05) is 257 Å². The highest BCUT2D eigenvalue weighted by Crippen LogP contribution is 2.47. The van der Waals surface area contributed by atoms with Crippen LogP contribution in [0.1, 0.15) is 39.5 Å². The summed E-state index contributed by atoms with van der Waals surface area (Å²) in [6.07, 6.45) is 4.33. The molecule has 0 fully saturated rings. The molecule has 2 heterocycles. The summed E-state index contributed by atoms with van der Waals surface area (Å²) in [5, 5.41) is 5.19. The molecule has 0 saturated carbocycles. The molecular weight excluding hydrogens is 917 g/mol. The third-order valence-corrected chi connectivity index (χ3v) is 15.8. The van der Waals surface area contributed by atoms with Gasteiger partial charge in [0, 0.05) is 45.8 Å². The molecule has 2 nitrogen and oxygen atoms in total. The zero-order chi connectivity index (χ0) is 51.0. The van der Waals surface area contributed by atoms with Crippen LogP contribution in [0.5, 0.6) is 0 Å². The van der Waals surface area contributed by atoms with Crippen molar-refractivity contribution >= 4 is 43.6 Å². The largest absolute Gasteiger partial charge is 0.338 e. The van der Waals surface area contributed by atoms with Gasteiger partial charge in [0.15, 0.2) is 0 Å². The van der Waals surface area contributed by atoms with Crippen LogP contribution in [-0.2, 0) is 13.1 Å². The number of unbranched alkanes of at least 4 members (excludes halogenated alkanes) is 2. The molecule has 0 unspecified atom stereocenters. The van der Waals surface area contributed by atoms with Gasteiger partial charge in [-0.15, -0.1) is 0 Å². The summed E-state index contributed by atoms with van der Waals surface area (Å²) in [4.78, 5) is 0. The van der Waals surface area contributed by atoms with Crippen LogP contribution in [0.4, 0.5) is 0 Å². The van der Waals surface area contributed by atoms with Gasteiger partial charge in [-0.2, -0.15) is 0 Å². The van der Waals surface area contributed by atoms with Crippen LogP contribution in [0, 0.1) is 0 Å². The molecule has 13 aromatic rings. The molecule has 0 aliphatic rings. The second-order valence-corrected chi connectivity index (χ2v) is 20.5. The molecule has 2 aromatic heterocycles. The molecule has 0 aliphatic carbocycles. The fourth-order valence-electron chi connectivity index (χ4n) is 11.8. The summed E-state index contributed by atoms with van der Waals surface area (Å²) in [6, 6.07) is 94.7. The maximum absolute atomic E-state index is 2.72. The van der Waals surface area contributed by atoms with E-state index in [2.05, 4.69) is 278 Å². The van der Waals surface area contributed by atoms with Crippen molar-refractivity contribution < 1.29 is 0 Å². The van der Waals surface area contributed by atoms with Crippen LogP contribution < -0.4 is 0 Å². The lowest BCUT2D eigenvalue weighted by atomic mass is 9.93. The summed E-state index contributed by atoms with van der Waals surface area (Å²) < 4.78 is 5.44. The van der Waals surface area contributed by atoms with Crippen LogP contribution in [0.2, 0.25) is 0 Å². The molecule has 0 saturated heterocycles. The Labute approximate surface area is 446 Å². The Morgan fingerprint density at radius 1 is 0.224 bits per heavy atom. The van der Waals surface area contributed by atoms with Crippen LogP contribution in [0.25, 0.3) is 133 Å². The lowest BCUT2D eigenvalue weighted by Crippen LogP contribution is -2.03. The minimum atomic E-state index is 0.915. The number of aromatic nitrogens is 2. The number of hydrogen-bond donors (Lipinski definition) is 0. The Morgan fingerprint density at radius 2 is 0.474 bits per heavy atom. The smallest absolute Gasteiger partial charge is 0.0739 e. The van der Waals surface area contributed by atoms with E-state index in [1.807, 2.05) is 0 Å². The van der Waals surface area contributed by atoms with Crippen molar-refractivity contribution in [2.75, 3.05) is 0 Å². The summed E-state index contributed by atoms with van der Waals surface area (Å²) >= 11 is 0. The third-order valence-electron chi connectivity index (χ3n) is 15.8. The maximum atomic E-state index is 2.72. The van der Waals surface area contributed by atoms with Crippen molar-refractivity contribution in [3.63, 3.8) is 0 Å². The number of benzene rings is 11. The fourth-order valence-corrected chi connectivity index (χ4v) is 11.8. The van der Waals surface area contributed by atoms with E-state index < -0.39 is 0 Å². The topological polar surface area (TPSA) is 9.86 Å². The van der Waals surface area contributed by atoms with Crippen molar-refractivity contribution in [3.05, 3.63) is 255 Å². The molecule has 2 heteroatoms. The lowest BCUT2D eigenvalue weighted by Gasteiger charge is -2.16. The first-order valence-electron chi connectivity index (χ1n) is 27.3. The predicted molar refractivity (Wildman–Crippen MR) is 326 cm³/mol. The SMILES string of the molecule is CCCCn1c2c(-c3ccc(-c4ccccc4)cc3)cc(-c3ccc(-c4ccccc4)cc3)cc2c2ccc3c4cc(-c5ccc(-c6ccccc6)cc5)cc(-c5ccc(-c6ccccc6)cc5)c4n(CCCC)c3c21. The minimum absolute atomic E-state index is 0.915. The molecule has 0 amide bonds. The van der Waals surface area contributed by atoms with Gasteiger partial charge in [0.1, 0.15) is 0 Å². The van der Waals surface area contributed by atoms with E-state index in [1.54, 1.807) is 0 Å². The molecule has 0 N–H and O–H groups in total. The van der Waals surface area contributed by atoms with Gasteiger partial charge >= 0.3 is 0 Å². The highest BCUT2D eigenvalue weighted by molar-refractivity contribution is 6.26. The first kappa shape index (κ1) is 46.8. The van der Waals surface area contributed by atoms with Gasteiger partial charge in [-0.05, 0) is 115 Å². The second-order valence-electron chi connectivity index (χ2n) is 20.5. The van der Waals surface area contributed by atoms with Crippen LogP contribution >= 0.6 is 0 Å². The van der Waals surface area contributed by atoms with Gasteiger partial charge in [0.05, 0.1) is 22.1 Å². The Hall–Kier alpha value is -8.98. The zero-order valence-electron chi connectivity index (χ0n) is 43.4. The second kappa shape index (κ2) is 20.4. The molecular formula is C74H60N2. The van der Waals surface area contributed by atoms with Crippen molar-refractivity contribution in [2.24, 2.45) is 0 Å². The predicted octanol–water partition coefficient (Wildman–Crippen LogP) is 20.8. The fraction of sp³-hybridized carbons (Fsp3) is 0.108. The first-order valence-corrected chi connectivity index (χ1v) is 27.3. The maximum Gasteiger partial charge on any atom is 0.0739 e. The standard InChI is InChI=1S/C74H60N2/c1-3-5-45-75-71-67(61-39-35-57(36-40-61)53-23-15-9-16-24-53)47-63(59-31-27-55(28-32-59)51-19-11-7-12-20-51)49-69(71)65-43-44-66-70-50-64(60-33-29-56(30-34-60)52-21-13-8-14-22-52)48-68(72(70)76(46-6-4-2)74(66)73(65)75)62-41-37-58(38-42-62)54-25-17-10-18-26-54/h7-44,47-50H,3-6,45-46H2,1-2H3. The monoisotopic (exact) mass is 976 g/mol. The van der Waals surface area contributed by atoms with Crippen LogP contribution in [-0.4, -0.2) is 9.13 Å². The molecule has 11 aromatic carbocycles. The molecule has 0 spiro atoms. The summed E-state index contributed by atoms with van der Waals surface area (Å²) in [5.41, 5.74) is 24.9. The van der Waals surface area contributed by atoms with E-state index in [0.29, 0.717) is 0 Å². The van der Waals surface area contributed by atoms with Gasteiger partial charge in [-0.25, -0.2) is 0 Å².